The maximum atomic E-state index is 13.0. The van der Waals surface area contributed by atoms with Crippen LogP contribution < -0.4 is 5.32 Å². The molecular weight excluding hydrogens is 257 g/mol. The molecule has 0 heterocycles. The minimum absolute atomic E-state index is 0.0250. The zero-order chi connectivity index (χ0) is 13.1. The first-order chi connectivity index (χ1) is 8.56. The molecule has 0 saturated heterocycles. The van der Waals surface area contributed by atoms with Gasteiger partial charge in [0.15, 0.2) is 0 Å². The van der Waals surface area contributed by atoms with E-state index in [1.807, 2.05) is 0 Å². The van der Waals surface area contributed by atoms with Gasteiger partial charge in [-0.3, -0.25) is 4.79 Å². The molecule has 0 unspecified atom stereocenters. The van der Waals surface area contributed by atoms with Crippen LogP contribution in [0, 0.1) is 5.82 Å². The molecule has 3 nitrogen and oxygen atoms in total. The number of carbonyl (C=O) groups excluding carboxylic acids is 1. The Labute approximate surface area is 110 Å². The lowest BCUT2D eigenvalue weighted by Crippen LogP contribution is -2.37. The van der Waals surface area contributed by atoms with Crippen molar-refractivity contribution in [2.24, 2.45) is 0 Å². The van der Waals surface area contributed by atoms with Gasteiger partial charge in [-0.05, 0) is 43.9 Å². The van der Waals surface area contributed by atoms with Gasteiger partial charge in [0.05, 0.1) is 5.56 Å². The lowest BCUT2D eigenvalue weighted by molar-refractivity contribution is 0.0925. The Morgan fingerprint density at radius 2 is 2.00 bits per heavy atom. The zero-order valence-electron chi connectivity index (χ0n) is 9.83. The lowest BCUT2D eigenvalue weighted by Gasteiger charge is -2.25. The molecule has 5 heteroatoms. The Morgan fingerprint density at radius 1 is 1.33 bits per heavy atom. The number of hydrogen-bond donors (Lipinski definition) is 2. The van der Waals surface area contributed by atoms with E-state index in [1.54, 1.807) is 0 Å². The molecule has 0 aromatic heterocycles. The van der Waals surface area contributed by atoms with E-state index >= 15 is 0 Å². The molecule has 2 rings (SSSR count). The number of benzene rings is 1. The number of phenolic OH excluding ortho intramolecular Hbond substituents is 1. The van der Waals surface area contributed by atoms with Crippen LogP contribution in [-0.2, 0) is 0 Å². The van der Waals surface area contributed by atoms with Gasteiger partial charge in [0.1, 0.15) is 11.6 Å². The quantitative estimate of drug-likeness (QED) is 0.813. The maximum Gasteiger partial charge on any atom is 0.255 e. The van der Waals surface area contributed by atoms with Crippen LogP contribution in [0.5, 0.6) is 5.75 Å². The number of amides is 1. The van der Waals surface area contributed by atoms with Crippen molar-refractivity contribution in [3.05, 3.63) is 29.6 Å². The second kappa shape index (κ2) is 5.57. The number of nitrogens with one attached hydrogen (secondary N) is 1. The van der Waals surface area contributed by atoms with Gasteiger partial charge in [-0.25, -0.2) is 4.39 Å². The smallest absolute Gasteiger partial charge is 0.255 e. The minimum Gasteiger partial charge on any atom is -0.507 e. The number of alkyl halides is 1. The van der Waals surface area contributed by atoms with Crippen LogP contribution in [0.2, 0.25) is 0 Å². The van der Waals surface area contributed by atoms with Crippen LogP contribution in [0.4, 0.5) is 4.39 Å². The molecular formula is C13H15ClFNO2. The summed E-state index contributed by atoms with van der Waals surface area (Å²) in [6.45, 7) is 0. The number of rotatable bonds is 2. The highest BCUT2D eigenvalue weighted by Gasteiger charge is 2.22. The molecule has 0 spiro atoms. The standard InChI is InChI=1S/C13H15ClFNO2/c14-8-1-4-10(5-2-8)16-13(18)11-7-9(15)3-6-12(11)17/h3,6-8,10,17H,1-2,4-5H2,(H,16,18). The summed E-state index contributed by atoms with van der Waals surface area (Å²) in [5, 5.41) is 12.5. The molecule has 0 bridgehead atoms. The van der Waals surface area contributed by atoms with Crippen molar-refractivity contribution >= 4 is 17.5 Å². The van der Waals surface area contributed by atoms with Gasteiger partial charge in [0.2, 0.25) is 0 Å². The van der Waals surface area contributed by atoms with Crippen LogP contribution in [-0.4, -0.2) is 22.4 Å². The number of hydrogen-bond acceptors (Lipinski definition) is 2. The fourth-order valence-electron chi connectivity index (χ4n) is 2.15. The summed E-state index contributed by atoms with van der Waals surface area (Å²) in [4.78, 5) is 11.9. The van der Waals surface area contributed by atoms with E-state index in [1.165, 1.54) is 6.07 Å². The van der Waals surface area contributed by atoms with Crippen LogP contribution in [0.25, 0.3) is 0 Å². The van der Waals surface area contributed by atoms with Crippen LogP contribution in [0.3, 0.4) is 0 Å². The Hall–Kier alpha value is -1.29. The summed E-state index contributed by atoms with van der Waals surface area (Å²) in [6.07, 6.45) is 3.36. The number of carbonyl (C=O) groups is 1. The van der Waals surface area contributed by atoms with Crippen LogP contribution in [0.15, 0.2) is 18.2 Å². The van der Waals surface area contributed by atoms with Crippen molar-refractivity contribution < 1.29 is 14.3 Å². The molecule has 1 aliphatic rings. The molecule has 18 heavy (non-hydrogen) atoms. The summed E-state index contributed by atoms with van der Waals surface area (Å²) >= 11 is 5.98. The summed E-state index contributed by atoms with van der Waals surface area (Å²) in [7, 11) is 0. The second-order valence-electron chi connectivity index (χ2n) is 4.58. The zero-order valence-corrected chi connectivity index (χ0v) is 10.6. The van der Waals surface area contributed by atoms with E-state index in [9.17, 15) is 14.3 Å². The predicted octanol–water partition coefficient (Wildman–Crippen LogP) is 2.81. The Balaban J connectivity index is 2.01. The number of halogens is 2. The molecule has 1 fully saturated rings. The fraction of sp³-hybridized carbons (Fsp3) is 0.462. The van der Waals surface area contributed by atoms with E-state index in [0.29, 0.717) is 0 Å². The number of phenols is 1. The highest BCUT2D eigenvalue weighted by Crippen LogP contribution is 2.24. The molecule has 1 aliphatic carbocycles. The molecule has 1 amide bonds. The van der Waals surface area contributed by atoms with Crippen LogP contribution >= 0.6 is 11.6 Å². The number of aromatic hydroxyl groups is 1. The van der Waals surface area contributed by atoms with Gasteiger partial charge in [-0.15, -0.1) is 11.6 Å². The lowest BCUT2D eigenvalue weighted by atomic mass is 9.95. The van der Waals surface area contributed by atoms with E-state index < -0.39 is 11.7 Å². The van der Waals surface area contributed by atoms with Gasteiger partial charge in [0.25, 0.3) is 5.91 Å². The first-order valence-electron chi connectivity index (χ1n) is 5.99. The summed E-state index contributed by atoms with van der Waals surface area (Å²) in [6, 6.07) is 3.39. The third-order valence-electron chi connectivity index (χ3n) is 3.20. The van der Waals surface area contributed by atoms with Gasteiger partial charge in [-0.2, -0.15) is 0 Å². The monoisotopic (exact) mass is 271 g/mol. The average Bonchev–Trinajstić information content (AvgIpc) is 2.35. The van der Waals surface area contributed by atoms with E-state index in [0.717, 1.165) is 37.8 Å². The highest BCUT2D eigenvalue weighted by molar-refractivity contribution is 6.20. The average molecular weight is 272 g/mol. The van der Waals surface area contributed by atoms with Gasteiger partial charge >= 0.3 is 0 Å². The minimum atomic E-state index is -0.539. The molecule has 0 aliphatic heterocycles. The predicted molar refractivity (Wildman–Crippen MR) is 67.4 cm³/mol. The largest absolute Gasteiger partial charge is 0.507 e. The van der Waals surface area contributed by atoms with Crippen molar-refractivity contribution in [2.45, 2.75) is 37.1 Å². The van der Waals surface area contributed by atoms with E-state index in [2.05, 4.69) is 5.32 Å². The van der Waals surface area contributed by atoms with Crippen molar-refractivity contribution in [2.75, 3.05) is 0 Å². The highest BCUT2D eigenvalue weighted by atomic mass is 35.5. The topological polar surface area (TPSA) is 49.3 Å². The SMILES string of the molecule is O=C(NC1CCC(Cl)CC1)c1cc(F)ccc1O. The molecule has 1 saturated carbocycles. The third kappa shape index (κ3) is 3.13. The Kier molecular flexibility index (Phi) is 4.07. The van der Waals surface area contributed by atoms with Crippen molar-refractivity contribution in [1.82, 2.24) is 5.32 Å². The molecule has 1 aromatic rings. The summed E-state index contributed by atoms with van der Waals surface area (Å²) in [5.41, 5.74) is -0.0250. The fourth-order valence-corrected chi connectivity index (χ4v) is 2.40. The second-order valence-corrected chi connectivity index (χ2v) is 5.20. The van der Waals surface area contributed by atoms with Crippen molar-refractivity contribution in [3.63, 3.8) is 0 Å². The first kappa shape index (κ1) is 13.1. The summed E-state index contributed by atoms with van der Waals surface area (Å²) in [5.74, 6) is -1.19. The van der Waals surface area contributed by atoms with Crippen LogP contribution in [0.1, 0.15) is 36.0 Å². The molecule has 1 aromatic carbocycles. The summed E-state index contributed by atoms with van der Waals surface area (Å²) < 4.78 is 13.0. The first-order valence-corrected chi connectivity index (χ1v) is 6.43. The normalized spacial score (nSPS) is 23.7. The Morgan fingerprint density at radius 3 is 2.67 bits per heavy atom. The molecule has 0 radical (unpaired) electrons. The maximum absolute atomic E-state index is 13.0. The van der Waals surface area contributed by atoms with Gasteiger partial charge in [-0.1, -0.05) is 0 Å². The van der Waals surface area contributed by atoms with Gasteiger partial charge in [0, 0.05) is 11.4 Å². The Bertz CT molecular complexity index is 445. The van der Waals surface area contributed by atoms with Crippen molar-refractivity contribution in [3.8, 4) is 5.75 Å². The molecule has 0 atom stereocenters. The van der Waals surface area contributed by atoms with Crippen molar-refractivity contribution in [1.29, 1.82) is 0 Å². The van der Waals surface area contributed by atoms with Gasteiger partial charge < -0.3 is 10.4 Å². The van der Waals surface area contributed by atoms with E-state index in [4.69, 9.17) is 11.6 Å². The van der Waals surface area contributed by atoms with E-state index in [-0.39, 0.29) is 22.7 Å². The molecule has 98 valence electrons. The molecule has 2 N–H and O–H groups in total. The third-order valence-corrected chi connectivity index (χ3v) is 3.63.